The fourth-order valence-corrected chi connectivity index (χ4v) is 4.03. The van der Waals surface area contributed by atoms with E-state index < -0.39 is 34.0 Å². The fourth-order valence-electron chi connectivity index (χ4n) is 2.92. The highest BCUT2D eigenvalue weighted by atomic mass is 32.3. The number of ether oxygens (including phenoxy) is 2. The highest BCUT2D eigenvalue weighted by Crippen LogP contribution is 2.55. The highest BCUT2D eigenvalue weighted by Gasteiger charge is 2.45. The number of rotatable bonds is 5. The maximum atomic E-state index is 12.9. The molecule has 184 valence electrons. The fraction of sp³-hybridized carbons (Fsp3) is 0.680. The van der Waals surface area contributed by atoms with E-state index in [1.807, 2.05) is 65.0 Å². The highest BCUT2D eigenvalue weighted by molar-refractivity contribution is 8.29. The summed E-state index contributed by atoms with van der Waals surface area (Å²) in [5.74, 6) is -0.431. The first-order chi connectivity index (χ1) is 14.7. The summed E-state index contributed by atoms with van der Waals surface area (Å²) in [5.41, 5.74) is 0.253. The van der Waals surface area contributed by atoms with Crippen LogP contribution in [0.2, 0.25) is 0 Å². The van der Waals surface area contributed by atoms with Crippen molar-refractivity contribution >= 4 is 22.4 Å². The molecular formula is C25H43NO5S. The molecule has 1 aromatic carbocycles. The standard InChI is InChI=1S/C23H37NO5S.C2H6/c1-22(2,3)28-21(26)24-15-18(29-30(7,8)23(4,5)6)14-19(24)20(25)27-16-17-12-10-9-11-13-17;1-2/h9-13,18-19H,14-16H2,1-8H3;1-2H3. The first-order valence-corrected chi connectivity index (χ1v) is 13.7. The largest absolute Gasteiger partial charge is 0.459 e. The van der Waals surface area contributed by atoms with E-state index in [2.05, 4.69) is 33.3 Å². The zero-order valence-corrected chi connectivity index (χ0v) is 22.4. The van der Waals surface area contributed by atoms with Crippen molar-refractivity contribution in [3.05, 3.63) is 35.9 Å². The molecule has 1 amide bonds. The van der Waals surface area contributed by atoms with E-state index in [-0.39, 0.29) is 17.5 Å². The molecule has 1 fully saturated rings. The summed E-state index contributed by atoms with van der Waals surface area (Å²) in [4.78, 5) is 27.2. The van der Waals surface area contributed by atoms with Gasteiger partial charge in [-0.25, -0.2) is 9.59 Å². The third-order valence-corrected chi connectivity index (χ3v) is 8.94. The van der Waals surface area contributed by atoms with E-state index in [0.717, 1.165) is 5.56 Å². The molecule has 1 aliphatic rings. The van der Waals surface area contributed by atoms with Crippen molar-refractivity contribution in [2.45, 2.75) is 90.9 Å². The van der Waals surface area contributed by atoms with Crippen molar-refractivity contribution in [3.8, 4) is 0 Å². The molecule has 1 aromatic rings. The van der Waals surface area contributed by atoms with Crippen LogP contribution >= 0.6 is 10.3 Å². The van der Waals surface area contributed by atoms with E-state index in [1.165, 1.54) is 4.90 Å². The maximum Gasteiger partial charge on any atom is 0.411 e. The second-order valence-electron chi connectivity index (χ2n) is 10.0. The summed E-state index contributed by atoms with van der Waals surface area (Å²) in [6.45, 7) is 16.4. The Kier molecular flexibility index (Phi) is 10.1. The number of nitrogens with zero attached hydrogens (tertiary/aromatic N) is 1. The topological polar surface area (TPSA) is 65.1 Å². The van der Waals surface area contributed by atoms with Gasteiger partial charge < -0.3 is 13.7 Å². The number of benzene rings is 1. The molecule has 1 saturated heterocycles. The first-order valence-electron chi connectivity index (χ1n) is 11.3. The lowest BCUT2D eigenvalue weighted by Gasteiger charge is -2.45. The monoisotopic (exact) mass is 469 g/mol. The van der Waals surface area contributed by atoms with Gasteiger partial charge in [0, 0.05) is 11.2 Å². The summed E-state index contributed by atoms with van der Waals surface area (Å²) >= 11 is 0. The Hall–Kier alpha value is -1.73. The van der Waals surface area contributed by atoms with Crippen LogP contribution in [0.5, 0.6) is 0 Å². The molecule has 32 heavy (non-hydrogen) atoms. The Morgan fingerprint density at radius 3 is 2.09 bits per heavy atom. The normalized spacial score (nSPS) is 19.6. The van der Waals surface area contributed by atoms with Gasteiger partial charge in [-0.3, -0.25) is 4.90 Å². The molecule has 0 spiro atoms. The van der Waals surface area contributed by atoms with Crippen LogP contribution in [0.1, 0.15) is 67.4 Å². The molecule has 0 N–H and O–H groups in total. The zero-order valence-electron chi connectivity index (χ0n) is 21.6. The van der Waals surface area contributed by atoms with Gasteiger partial charge in [-0.15, -0.1) is 10.3 Å². The Morgan fingerprint density at radius 1 is 1.03 bits per heavy atom. The van der Waals surface area contributed by atoms with E-state index in [0.29, 0.717) is 13.0 Å². The van der Waals surface area contributed by atoms with Gasteiger partial charge in [0.15, 0.2) is 0 Å². The maximum absolute atomic E-state index is 12.9. The van der Waals surface area contributed by atoms with Gasteiger partial charge in [0.1, 0.15) is 18.2 Å². The number of carbonyl (C=O) groups is 2. The van der Waals surface area contributed by atoms with Crippen LogP contribution in [0.3, 0.4) is 0 Å². The van der Waals surface area contributed by atoms with Gasteiger partial charge in [0.25, 0.3) is 0 Å². The van der Waals surface area contributed by atoms with Gasteiger partial charge in [-0.2, -0.15) is 0 Å². The molecule has 0 aromatic heterocycles. The summed E-state index contributed by atoms with van der Waals surface area (Å²) < 4.78 is 17.5. The number of hydrogen-bond acceptors (Lipinski definition) is 5. The molecule has 6 nitrogen and oxygen atoms in total. The molecule has 0 bridgehead atoms. The summed E-state index contributed by atoms with van der Waals surface area (Å²) in [7, 11) is -1.40. The molecule has 0 aliphatic carbocycles. The van der Waals surface area contributed by atoms with Crippen LogP contribution in [-0.4, -0.2) is 58.5 Å². The van der Waals surface area contributed by atoms with Crippen molar-refractivity contribution in [2.24, 2.45) is 0 Å². The Balaban J connectivity index is 0.00000249. The average Bonchev–Trinajstić information content (AvgIpc) is 3.10. The van der Waals surface area contributed by atoms with E-state index in [1.54, 1.807) is 0 Å². The molecule has 2 unspecified atom stereocenters. The number of carbonyl (C=O) groups excluding carboxylic acids is 2. The Morgan fingerprint density at radius 2 is 1.59 bits per heavy atom. The van der Waals surface area contributed by atoms with Crippen LogP contribution in [0.4, 0.5) is 4.79 Å². The predicted molar refractivity (Wildman–Crippen MR) is 133 cm³/mol. The first kappa shape index (κ1) is 28.3. The van der Waals surface area contributed by atoms with Crippen LogP contribution in [0.25, 0.3) is 0 Å². The van der Waals surface area contributed by atoms with Crippen LogP contribution in [0, 0.1) is 0 Å². The van der Waals surface area contributed by atoms with Crippen molar-refractivity contribution in [1.82, 2.24) is 4.90 Å². The average molecular weight is 470 g/mol. The molecule has 7 heteroatoms. The number of amides is 1. The zero-order chi connectivity index (χ0) is 24.7. The van der Waals surface area contributed by atoms with Gasteiger partial charge in [0.2, 0.25) is 0 Å². The minimum Gasteiger partial charge on any atom is -0.459 e. The number of hydrogen-bond donors (Lipinski definition) is 0. The van der Waals surface area contributed by atoms with Crippen LogP contribution in [-0.2, 0) is 25.1 Å². The lowest BCUT2D eigenvalue weighted by Crippen LogP contribution is -2.44. The minimum absolute atomic E-state index is 0.0182. The van der Waals surface area contributed by atoms with Gasteiger partial charge in [-0.05, 0) is 38.8 Å². The smallest absolute Gasteiger partial charge is 0.411 e. The molecular weight excluding hydrogens is 426 g/mol. The molecule has 2 atom stereocenters. The molecule has 0 radical (unpaired) electrons. The third kappa shape index (κ3) is 8.32. The Bertz CT molecular complexity index is 737. The Labute approximate surface area is 196 Å². The second kappa shape index (κ2) is 11.4. The molecule has 1 aliphatic heterocycles. The van der Waals surface area contributed by atoms with Crippen molar-refractivity contribution in [3.63, 3.8) is 0 Å². The van der Waals surface area contributed by atoms with E-state index in [9.17, 15) is 9.59 Å². The van der Waals surface area contributed by atoms with Gasteiger partial charge >= 0.3 is 12.1 Å². The van der Waals surface area contributed by atoms with Crippen molar-refractivity contribution in [2.75, 3.05) is 19.1 Å². The van der Waals surface area contributed by atoms with Crippen LogP contribution in [0.15, 0.2) is 30.3 Å². The molecule has 2 rings (SSSR count). The third-order valence-electron chi connectivity index (χ3n) is 5.24. The van der Waals surface area contributed by atoms with E-state index in [4.69, 9.17) is 13.7 Å². The summed E-state index contributed by atoms with van der Waals surface area (Å²) in [6, 6.07) is 8.78. The lowest BCUT2D eigenvalue weighted by molar-refractivity contribution is -0.150. The molecule has 1 heterocycles. The second-order valence-corrected chi connectivity index (χ2v) is 13.9. The van der Waals surface area contributed by atoms with Gasteiger partial charge in [-0.1, -0.05) is 65.0 Å². The molecule has 0 saturated carbocycles. The SMILES string of the molecule is CC.CC(C)(C)OC(=O)N1CC(OS(C)(C)C(C)(C)C)CC1C(=O)OCc1ccccc1. The minimum atomic E-state index is -1.40. The predicted octanol–water partition coefficient (Wildman–Crippen LogP) is 5.93. The van der Waals surface area contributed by atoms with Gasteiger partial charge in [0.05, 0.1) is 12.6 Å². The summed E-state index contributed by atoms with van der Waals surface area (Å²) in [5, 5.41) is 0. The van der Waals surface area contributed by atoms with Crippen LogP contribution < -0.4 is 0 Å². The summed E-state index contributed by atoms with van der Waals surface area (Å²) in [6.07, 6.45) is 3.88. The van der Waals surface area contributed by atoms with E-state index >= 15 is 0 Å². The number of esters is 1. The lowest BCUT2D eigenvalue weighted by atomic mass is 10.2. The quantitative estimate of drug-likeness (QED) is 0.500. The van der Waals surface area contributed by atoms with Crippen molar-refractivity contribution in [1.29, 1.82) is 0 Å². The number of likely N-dealkylation sites (tertiary alicyclic amines) is 1. The van der Waals surface area contributed by atoms with Crippen molar-refractivity contribution < 1.29 is 23.2 Å².